The molecule has 1 heterocycles. The molecular weight excluding hydrogens is 276 g/mol. The quantitative estimate of drug-likeness (QED) is 0.802. The van der Waals surface area contributed by atoms with Gasteiger partial charge in [-0.25, -0.2) is 9.69 Å². The van der Waals surface area contributed by atoms with Crippen LogP contribution in [0.1, 0.15) is 31.7 Å². The fourth-order valence-corrected chi connectivity index (χ4v) is 3.06. The highest BCUT2D eigenvalue weighted by atomic mass is 35.5. The molecule has 0 unspecified atom stereocenters. The van der Waals surface area contributed by atoms with Crippen LogP contribution in [0, 0.1) is 6.92 Å². The molecule has 0 aromatic heterocycles. The number of anilines is 1. The molecule has 2 fully saturated rings. The van der Waals surface area contributed by atoms with Crippen molar-refractivity contribution in [3.05, 3.63) is 28.8 Å². The summed E-state index contributed by atoms with van der Waals surface area (Å²) in [6.45, 7) is 3.81. The predicted octanol–water partition coefficient (Wildman–Crippen LogP) is 3.36. The highest BCUT2D eigenvalue weighted by molar-refractivity contribution is 6.31. The number of imide groups is 1. The Morgan fingerprint density at radius 1 is 1.30 bits per heavy atom. The van der Waals surface area contributed by atoms with Crippen molar-refractivity contribution in [1.82, 2.24) is 4.90 Å². The van der Waals surface area contributed by atoms with Gasteiger partial charge in [0.1, 0.15) is 6.04 Å². The molecule has 1 saturated carbocycles. The van der Waals surface area contributed by atoms with Crippen molar-refractivity contribution in [2.24, 2.45) is 0 Å². The first kappa shape index (κ1) is 13.4. The van der Waals surface area contributed by atoms with Crippen LogP contribution in [-0.2, 0) is 4.79 Å². The zero-order valence-corrected chi connectivity index (χ0v) is 12.4. The molecule has 2 aliphatic rings. The van der Waals surface area contributed by atoms with Gasteiger partial charge in [0, 0.05) is 11.1 Å². The summed E-state index contributed by atoms with van der Waals surface area (Å²) in [5, 5.41) is 0.608. The summed E-state index contributed by atoms with van der Waals surface area (Å²) in [7, 11) is 0. The van der Waals surface area contributed by atoms with Crippen molar-refractivity contribution in [3.63, 3.8) is 0 Å². The van der Waals surface area contributed by atoms with Gasteiger partial charge in [-0.05, 0) is 49.9 Å². The molecule has 0 bridgehead atoms. The maximum atomic E-state index is 12.6. The normalized spacial score (nSPS) is 22.9. The van der Waals surface area contributed by atoms with E-state index in [0.717, 1.165) is 18.4 Å². The summed E-state index contributed by atoms with van der Waals surface area (Å²) in [4.78, 5) is 28.2. The summed E-state index contributed by atoms with van der Waals surface area (Å²) >= 11 is 5.94. The topological polar surface area (TPSA) is 40.6 Å². The lowest BCUT2D eigenvalue weighted by molar-refractivity contribution is -0.119. The fraction of sp³-hybridized carbons (Fsp3) is 0.467. The van der Waals surface area contributed by atoms with Gasteiger partial charge in [0.05, 0.1) is 5.69 Å². The maximum Gasteiger partial charge on any atom is 0.332 e. The number of aryl methyl sites for hydroxylation is 1. The molecule has 0 radical (unpaired) electrons. The smallest absolute Gasteiger partial charge is 0.309 e. The van der Waals surface area contributed by atoms with Gasteiger partial charge in [-0.3, -0.25) is 4.79 Å². The van der Waals surface area contributed by atoms with E-state index in [1.807, 2.05) is 13.8 Å². The molecule has 3 amide bonds. The first-order chi connectivity index (χ1) is 9.54. The minimum atomic E-state index is -0.315. The molecule has 1 saturated heterocycles. The lowest BCUT2D eigenvalue weighted by Gasteiger charge is -2.20. The first-order valence-corrected chi connectivity index (χ1v) is 7.34. The number of nitrogens with zero attached hydrogens (tertiary/aromatic N) is 2. The molecule has 1 aromatic rings. The Hall–Kier alpha value is -1.55. The van der Waals surface area contributed by atoms with Crippen LogP contribution < -0.4 is 4.90 Å². The van der Waals surface area contributed by atoms with Gasteiger partial charge in [0.25, 0.3) is 5.91 Å². The average molecular weight is 293 g/mol. The van der Waals surface area contributed by atoms with Crippen LogP contribution in [0.4, 0.5) is 10.5 Å². The zero-order valence-electron chi connectivity index (χ0n) is 11.6. The predicted molar refractivity (Wildman–Crippen MR) is 78.0 cm³/mol. The van der Waals surface area contributed by atoms with Gasteiger partial charge in [-0.15, -0.1) is 0 Å². The number of carbonyl (C=O) groups is 2. The van der Waals surface area contributed by atoms with E-state index in [-0.39, 0.29) is 24.0 Å². The number of carbonyl (C=O) groups excluding carboxylic acids is 2. The molecule has 1 aliphatic carbocycles. The Morgan fingerprint density at radius 2 is 2.00 bits per heavy atom. The Balaban J connectivity index is 2.00. The Morgan fingerprint density at radius 3 is 2.55 bits per heavy atom. The third-order valence-electron chi connectivity index (χ3n) is 3.98. The molecular formula is C15H17ClN2O2. The molecule has 0 N–H and O–H groups in total. The van der Waals surface area contributed by atoms with Crippen LogP contribution in [0.5, 0.6) is 0 Å². The summed E-state index contributed by atoms with van der Waals surface area (Å²) in [6, 6.07) is 4.98. The molecule has 106 valence electrons. The van der Waals surface area contributed by atoms with Crippen molar-refractivity contribution in [3.8, 4) is 0 Å². The maximum absolute atomic E-state index is 12.6. The van der Waals surface area contributed by atoms with Gasteiger partial charge in [-0.2, -0.15) is 0 Å². The van der Waals surface area contributed by atoms with E-state index >= 15 is 0 Å². The van der Waals surface area contributed by atoms with Crippen LogP contribution in [0.2, 0.25) is 5.02 Å². The SMILES string of the molecule is CC[C@@H]1C(=O)N(c2ccc(Cl)cc2C)C(=O)N1C1CC1. The van der Waals surface area contributed by atoms with Crippen molar-refractivity contribution in [1.29, 1.82) is 0 Å². The summed E-state index contributed by atoms with van der Waals surface area (Å²) in [5.74, 6) is -0.116. The summed E-state index contributed by atoms with van der Waals surface area (Å²) in [6.07, 6.45) is 2.66. The Kier molecular flexibility index (Phi) is 3.21. The van der Waals surface area contributed by atoms with Crippen LogP contribution >= 0.6 is 11.6 Å². The van der Waals surface area contributed by atoms with Crippen LogP contribution in [0.3, 0.4) is 0 Å². The number of benzene rings is 1. The molecule has 3 rings (SSSR count). The lowest BCUT2D eigenvalue weighted by Crippen LogP contribution is -2.36. The molecule has 0 spiro atoms. The fourth-order valence-electron chi connectivity index (χ4n) is 2.84. The van der Waals surface area contributed by atoms with Crippen molar-refractivity contribution < 1.29 is 9.59 Å². The van der Waals surface area contributed by atoms with Crippen molar-refractivity contribution in [2.75, 3.05) is 4.90 Å². The van der Waals surface area contributed by atoms with Crippen LogP contribution in [0.15, 0.2) is 18.2 Å². The van der Waals surface area contributed by atoms with E-state index in [1.165, 1.54) is 4.90 Å². The molecule has 4 nitrogen and oxygen atoms in total. The van der Waals surface area contributed by atoms with E-state index in [2.05, 4.69) is 0 Å². The van der Waals surface area contributed by atoms with E-state index < -0.39 is 0 Å². The van der Waals surface area contributed by atoms with Gasteiger partial charge < -0.3 is 4.90 Å². The largest absolute Gasteiger partial charge is 0.332 e. The summed E-state index contributed by atoms with van der Waals surface area (Å²) < 4.78 is 0. The number of rotatable bonds is 3. The molecule has 1 atom stereocenters. The standard InChI is InChI=1S/C15H17ClN2O2/c1-3-12-14(19)18(15(20)17(12)11-5-6-11)13-7-4-10(16)8-9(13)2/h4,7-8,11-12H,3,5-6H2,1-2H3/t12-/m1/s1. The second-order valence-electron chi connectivity index (χ2n) is 5.45. The molecule has 1 aliphatic heterocycles. The highest BCUT2D eigenvalue weighted by Gasteiger charge is 2.50. The van der Waals surface area contributed by atoms with Crippen molar-refractivity contribution >= 4 is 29.2 Å². The zero-order chi connectivity index (χ0) is 14.4. The number of urea groups is 1. The minimum Gasteiger partial charge on any atom is -0.309 e. The average Bonchev–Trinajstić information content (AvgIpc) is 3.18. The Labute approximate surface area is 123 Å². The van der Waals surface area contributed by atoms with Gasteiger partial charge in [0.15, 0.2) is 0 Å². The Bertz CT molecular complexity index is 583. The first-order valence-electron chi connectivity index (χ1n) is 6.97. The molecule has 20 heavy (non-hydrogen) atoms. The highest BCUT2D eigenvalue weighted by Crippen LogP contribution is 2.37. The van der Waals surface area contributed by atoms with Crippen molar-refractivity contribution in [2.45, 2.75) is 45.2 Å². The monoisotopic (exact) mass is 292 g/mol. The lowest BCUT2D eigenvalue weighted by atomic mass is 10.1. The third kappa shape index (κ3) is 1.99. The van der Waals surface area contributed by atoms with E-state index in [4.69, 9.17) is 11.6 Å². The second kappa shape index (κ2) is 4.77. The molecule has 5 heteroatoms. The number of hydrogen-bond donors (Lipinski definition) is 0. The van der Waals surface area contributed by atoms with E-state index in [0.29, 0.717) is 17.1 Å². The third-order valence-corrected chi connectivity index (χ3v) is 4.22. The van der Waals surface area contributed by atoms with E-state index in [9.17, 15) is 9.59 Å². The molecule has 1 aromatic carbocycles. The van der Waals surface area contributed by atoms with E-state index in [1.54, 1.807) is 23.1 Å². The van der Waals surface area contributed by atoms with Crippen LogP contribution in [-0.4, -0.2) is 28.9 Å². The van der Waals surface area contributed by atoms with Crippen LogP contribution in [0.25, 0.3) is 0 Å². The number of halogens is 1. The second-order valence-corrected chi connectivity index (χ2v) is 5.89. The van der Waals surface area contributed by atoms with Gasteiger partial charge >= 0.3 is 6.03 Å². The minimum absolute atomic E-state index is 0.116. The number of hydrogen-bond acceptors (Lipinski definition) is 2. The van der Waals surface area contributed by atoms with Gasteiger partial charge in [0.2, 0.25) is 0 Å². The van der Waals surface area contributed by atoms with Gasteiger partial charge in [-0.1, -0.05) is 18.5 Å². The number of amides is 3. The summed E-state index contributed by atoms with van der Waals surface area (Å²) in [5.41, 5.74) is 1.48.